The first-order valence-corrected chi connectivity index (χ1v) is 9.98. The third-order valence-corrected chi connectivity index (χ3v) is 11.8. The molecular weight excluding hydrogens is 303 g/mol. The quantitative estimate of drug-likeness (QED) is 0.473. The zero-order valence-electron chi connectivity index (χ0n) is 14.0. The summed E-state index contributed by atoms with van der Waals surface area (Å²) in [7, 11) is -2.25. The van der Waals surface area contributed by atoms with E-state index >= 15 is 0 Å². The van der Waals surface area contributed by atoms with Gasteiger partial charge in [-0.2, -0.15) is 0 Å². The third kappa shape index (κ3) is 2.21. The summed E-state index contributed by atoms with van der Waals surface area (Å²) in [5, 5.41) is 0.165. The Morgan fingerprint density at radius 1 is 0.864 bits per heavy atom. The first kappa shape index (κ1) is 17.1. The minimum Gasteiger partial charge on any atom is -0.371 e. The van der Waals surface area contributed by atoms with Crippen LogP contribution in [0.25, 0.3) is 10.9 Å². The van der Waals surface area contributed by atoms with E-state index in [9.17, 15) is 13.2 Å². The summed E-state index contributed by atoms with van der Waals surface area (Å²) in [6, 6.07) is 2.20. The van der Waals surface area contributed by atoms with Crippen molar-refractivity contribution in [1.82, 2.24) is 4.23 Å². The lowest BCUT2D eigenvalue weighted by Crippen LogP contribution is -2.51. The molecular formula is C17H24F3NSi. The van der Waals surface area contributed by atoms with Crippen LogP contribution >= 0.6 is 0 Å². The summed E-state index contributed by atoms with van der Waals surface area (Å²) in [4.78, 5) is 0. The molecule has 0 unspecified atom stereocenters. The van der Waals surface area contributed by atoms with E-state index in [2.05, 4.69) is 41.5 Å². The molecule has 0 bridgehead atoms. The van der Waals surface area contributed by atoms with Crippen molar-refractivity contribution in [3.63, 3.8) is 0 Å². The molecule has 0 N–H and O–H groups in total. The van der Waals surface area contributed by atoms with Crippen LogP contribution in [0, 0.1) is 17.5 Å². The molecule has 0 spiro atoms. The summed E-state index contributed by atoms with van der Waals surface area (Å²) in [6.45, 7) is 12.8. The molecule has 0 fully saturated rings. The Kier molecular flexibility index (Phi) is 4.48. The summed E-state index contributed by atoms with van der Waals surface area (Å²) in [5.41, 5.74) is 1.02. The predicted molar refractivity (Wildman–Crippen MR) is 88.3 cm³/mol. The normalized spacial score (nSPS) is 13.1. The highest BCUT2D eigenvalue weighted by Gasteiger charge is 2.46. The number of rotatable bonds is 4. The van der Waals surface area contributed by atoms with Gasteiger partial charge in [0.1, 0.15) is 5.82 Å². The fourth-order valence-electron chi connectivity index (χ4n) is 4.37. The Balaban J connectivity index is 2.93. The van der Waals surface area contributed by atoms with Crippen LogP contribution in [0.15, 0.2) is 18.3 Å². The molecule has 122 valence electrons. The molecule has 0 atom stereocenters. The maximum absolute atomic E-state index is 14.5. The first-order chi connectivity index (χ1) is 10.2. The SMILES string of the molecule is CC(C)[Si](C(C)C)(C(C)C)n1ccc2c(F)cc(F)c(F)c21. The highest BCUT2D eigenvalue weighted by atomic mass is 28.3. The molecule has 0 aliphatic carbocycles. The minimum atomic E-state index is -2.25. The van der Waals surface area contributed by atoms with Crippen LogP contribution < -0.4 is 0 Å². The average Bonchev–Trinajstić information content (AvgIpc) is 2.81. The number of halogens is 3. The number of fused-ring (bicyclic) bond motifs is 1. The fourth-order valence-corrected chi connectivity index (χ4v) is 11.0. The second-order valence-corrected chi connectivity index (χ2v) is 12.7. The van der Waals surface area contributed by atoms with Crippen LogP contribution in [0.3, 0.4) is 0 Å². The Morgan fingerprint density at radius 2 is 1.36 bits per heavy atom. The Hall–Kier alpha value is -1.23. The van der Waals surface area contributed by atoms with Crippen LogP contribution in [0.4, 0.5) is 13.2 Å². The van der Waals surface area contributed by atoms with Crippen molar-refractivity contribution in [3.05, 3.63) is 35.8 Å². The van der Waals surface area contributed by atoms with Crippen molar-refractivity contribution in [2.24, 2.45) is 0 Å². The van der Waals surface area contributed by atoms with E-state index < -0.39 is 25.7 Å². The van der Waals surface area contributed by atoms with E-state index in [0.29, 0.717) is 22.7 Å². The average molecular weight is 327 g/mol. The van der Waals surface area contributed by atoms with E-state index in [-0.39, 0.29) is 10.9 Å². The van der Waals surface area contributed by atoms with E-state index in [4.69, 9.17) is 0 Å². The van der Waals surface area contributed by atoms with Crippen molar-refractivity contribution < 1.29 is 13.2 Å². The molecule has 22 heavy (non-hydrogen) atoms. The maximum Gasteiger partial charge on any atom is 0.182 e. The summed E-state index contributed by atoms with van der Waals surface area (Å²) in [6.07, 6.45) is 1.75. The van der Waals surface area contributed by atoms with Gasteiger partial charge >= 0.3 is 0 Å². The Morgan fingerprint density at radius 3 is 1.82 bits per heavy atom. The zero-order chi connectivity index (χ0) is 16.8. The van der Waals surface area contributed by atoms with Crippen molar-refractivity contribution in [2.45, 2.75) is 58.2 Å². The van der Waals surface area contributed by atoms with Crippen LogP contribution in [0.2, 0.25) is 16.6 Å². The van der Waals surface area contributed by atoms with Gasteiger partial charge in [0, 0.05) is 11.5 Å². The molecule has 5 heteroatoms. The Bertz CT molecular complexity index is 667. The van der Waals surface area contributed by atoms with Crippen LogP contribution in [-0.2, 0) is 0 Å². The van der Waals surface area contributed by atoms with Gasteiger partial charge in [0.15, 0.2) is 19.9 Å². The number of hydrogen-bond donors (Lipinski definition) is 0. The van der Waals surface area contributed by atoms with Crippen molar-refractivity contribution >= 4 is 19.1 Å². The maximum atomic E-state index is 14.5. The third-order valence-electron chi connectivity index (χ3n) is 5.01. The summed E-state index contributed by atoms with van der Waals surface area (Å²) in [5.74, 6) is -2.77. The highest BCUT2D eigenvalue weighted by Crippen LogP contribution is 2.44. The molecule has 1 aromatic heterocycles. The fraction of sp³-hybridized carbons (Fsp3) is 0.529. The molecule has 0 saturated heterocycles. The largest absolute Gasteiger partial charge is 0.371 e. The van der Waals surface area contributed by atoms with Gasteiger partial charge in [-0.1, -0.05) is 41.5 Å². The number of hydrogen-bond acceptors (Lipinski definition) is 0. The van der Waals surface area contributed by atoms with E-state index in [0.717, 1.165) is 0 Å². The second-order valence-electron chi connectivity index (χ2n) is 6.95. The first-order valence-electron chi connectivity index (χ1n) is 7.80. The van der Waals surface area contributed by atoms with E-state index in [1.807, 2.05) is 4.23 Å². The predicted octanol–water partition coefficient (Wildman–Crippen LogP) is 6.08. The topological polar surface area (TPSA) is 4.93 Å². The zero-order valence-corrected chi connectivity index (χ0v) is 15.0. The number of nitrogens with zero attached hydrogens (tertiary/aromatic N) is 1. The van der Waals surface area contributed by atoms with Crippen molar-refractivity contribution in [1.29, 1.82) is 0 Å². The van der Waals surface area contributed by atoms with Gasteiger partial charge in [-0.15, -0.1) is 0 Å². The molecule has 1 aromatic carbocycles. The van der Waals surface area contributed by atoms with E-state index in [1.54, 1.807) is 12.3 Å². The van der Waals surface area contributed by atoms with Gasteiger partial charge in [0.2, 0.25) is 0 Å². The van der Waals surface area contributed by atoms with Crippen LogP contribution in [0.5, 0.6) is 0 Å². The highest BCUT2D eigenvalue weighted by molar-refractivity contribution is 6.82. The summed E-state index contributed by atoms with van der Waals surface area (Å²) < 4.78 is 44.1. The number of benzene rings is 1. The molecule has 2 rings (SSSR count). The van der Waals surface area contributed by atoms with Crippen molar-refractivity contribution in [3.8, 4) is 0 Å². The lowest BCUT2D eigenvalue weighted by Gasteiger charge is -2.44. The molecule has 0 aliphatic rings. The monoisotopic (exact) mass is 327 g/mol. The molecule has 0 amide bonds. The van der Waals surface area contributed by atoms with Gasteiger partial charge in [0.25, 0.3) is 0 Å². The standard InChI is InChI=1S/C17H24F3NSi/c1-10(2)22(11(3)4,12(5)6)21-8-7-13-14(18)9-15(19)16(20)17(13)21/h7-12H,1-6H3. The van der Waals surface area contributed by atoms with Gasteiger partial charge < -0.3 is 4.23 Å². The van der Waals surface area contributed by atoms with Crippen LogP contribution in [-0.4, -0.2) is 12.5 Å². The molecule has 1 heterocycles. The molecule has 2 aromatic rings. The van der Waals surface area contributed by atoms with Gasteiger partial charge in [-0.25, -0.2) is 13.2 Å². The molecule has 0 saturated carbocycles. The van der Waals surface area contributed by atoms with Crippen LogP contribution in [0.1, 0.15) is 41.5 Å². The molecule has 0 radical (unpaired) electrons. The molecule has 0 aliphatic heterocycles. The summed E-state index contributed by atoms with van der Waals surface area (Å²) >= 11 is 0. The second kappa shape index (κ2) is 5.76. The lowest BCUT2D eigenvalue weighted by molar-refractivity contribution is 0.503. The Labute approximate surface area is 131 Å². The van der Waals surface area contributed by atoms with Crippen molar-refractivity contribution in [2.75, 3.05) is 0 Å². The minimum absolute atomic E-state index is 0.0836. The number of aromatic nitrogens is 1. The smallest absolute Gasteiger partial charge is 0.182 e. The van der Waals surface area contributed by atoms with Gasteiger partial charge in [0.05, 0.1) is 5.52 Å². The lowest BCUT2D eigenvalue weighted by atomic mass is 10.2. The molecule has 1 nitrogen and oxygen atoms in total. The van der Waals surface area contributed by atoms with Gasteiger partial charge in [-0.05, 0) is 28.9 Å². The van der Waals surface area contributed by atoms with Gasteiger partial charge in [-0.3, -0.25) is 0 Å². The van der Waals surface area contributed by atoms with E-state index in [1.165, 1.54) is 0 Å².